The highest BCUT2D eigenvalue weighted by Gasteiger charge is 2.10. The SMILES string of the molecule is [CH2]CC[C](CCC)C(C)C. The number of hydrogen-bond donors (Lipinski definition) is 0. The topological polar surface area (TPSA) is 0 Å². The van der Waals surface area contributed by atoms with Crippen molar-refractivity contribution in [3.05, 3.63) is 12.8 Å². The molecule has 0 saturated heterocycles. The molecule has 0 aromatic rings. The van der Waals surface area contributed by atoms with Gasteiger partial charge in [0.05, 0.1) is 0 Å². The second kappa shape index (κ2) is 5.76. The van der Waals surface area contributed by atoms with E-state index in [-0.39, 0.29) is 0 Å². The summed E-state index contributed by atoms with van der Waals surface area (Å²) < 4.78 is 0. The molecule has 0 fully saturated rings. The maximum atomic E-state index is 3.87. The molecule has 0 unspecified atom stereocenters. The predicted octanol–water partition coefficient (Wildman–Crippen LogP) is 3.63. The van der Waals surface area contributed by atoms with E-state index in [1.165, 1.54) is 19.3 Å². The van der Waals surface area contributed by atoms with Crippen LogP contribution in [0, 0.1) is 18.8 Å². The fourth-order valence-corrected chi connectivity index (χ4v) is 1.25. The van der Waals surface area contributed by atoms with Gasteiger partial charge in [0.25, 0.3) is 0 Å². The zero-order valence-corrected chi connectivity index (χ0v) is 7.61. The Kier molecular flexibility index (Phi) is 5.76. The van der Waals surface area contributed by atoms with Crippen molar-refractivity contribution in [3.63, 3.8) is 0 Å². The maximum absolute atomic E-state index is 3.87. The van der Waals surface area contributed by atoms with Crippen LogP contribution in [0.1, 0.15) is 46.5 Å². The quantitative estimate of drug-likeness (QED) is 0.547. The summed E-state index contributed by atoms with van der Waals surface area (Å²) in [7, 11) is 0. The van der Waals surface area contributed by atoms with E-state index in [1.54, 1.807) is 5.92 Å². The van der Waals surface area contributed by atoms with E-state index in [4.69, 9.17) is 0 Å². The summed E-state index contributed by atoms with van der Waals surface area (Å²) in [5.41, 5.74) is 0. The van der Waals surface area contributed by atoms with E-state index in [1.807, 2.05) is 0 Å². The molecule has 60 valence electrons. The molecule has 2 radical (unpaired) electrons. The van der Waals surface area contributed by atoms with Crippen LogP contribution in [-0.2, 0) is 0 Å². The van der Waals surface area contributed by atoms with Crippen molar-refractivity contribution in [2.24, 2.45) is 5.92 Å². The first-order chi connectivity index (χ1) is 4.72. The van der Waals surface area contributed by atoms with Crippen molar-refractivity contribution in [1.82, 2.24) is 0 Å². The lowest BCUT2D eigenvalue weighted by molar-refractivity contribution is 0.546. The lowest BCUT2D eigenvalue weighted by atomic mass is 9.88. The summed E-state index contributed by atoms with van der Waals surface area (Å²) in [5.74, 6) is 2.46. The number of rotatable bonds is 5. The van der Waals surface area contributed by atoms with Gasteiger partial charge in [-0.3, -0.25) is 0 Å². The van der Waals surface area contributed by atoms with Gasteiger partial charge in [-0.25, -0.2) is 0 Å². The Hall–Kier alpha value is 0. The van der Waals surface area contributed by atoms with Crippen LogP contribution in [-0.4, -0.2) is 0 Å². The van der Waals surface area contributed by atoms with Gasteiger partial charge in [-0.15, -0.1) is 0 Å². The van der Waals surface area contributed by atoms with Gasteiger partial charge in [0, 0.05) is 0 Å². The lowest BCUT2D eigenvalue weighted by Gasteiger charge is -2.17. The van der Waals surface area contributed by atoms with Gasteiger partial charge in [-0.2, -0.15) is 0 Å². The van der Waals surface area contributed by atoms with Crippen LogP contribution in [0.4, 0.5) is 0 Å². The molecular formula is C10H20. The minimum Gasteiger partial charge on any atom is -0.0654 e. The van der Waals surface area contributed by atoms with Crippen LogP contribution in [0.25, 0.3) is 0 Å². The molecule has 0 aliphatic rings. The van der Waals surface area contributed by atoms with Crippen LogP contribution in [0.3, 0.4) is 0 Å². The Balaban J connectivity index is 3.50. The second-order valence-corrected chi connectivity index (χ2v) is 3.17. The minimum absolute atomic E-state index is 0.765. The maximum Gasteiger partial charge on any atom is -0.0216 e. The molecule has 0 nitrogen and oxygen atoms in total. The minimum atomic E-state index is 0.765. The lowest BCUT2D eigenvalue weighted by Crippen LogP contribution is -2.04. The van der Waals surface area contributed by atoms with Gasteiger partial charge in [0.2, 0.25) is 0 Å². The normalized spacial score (nSPS) is 11.4. The molecule has 10 heavy (non-hydrogen) atoms. The van der Waals surface area contributed by atoms with Crippen molar-refractivity contribution >= 4 is 0 Å². The fraction of sp³-hybridized carbons (Fsp3) is 0.800. The third kappa shape index (κ3) is 3.92. The molecular weight excluding hydrogens is 120 g/mol. The van der Waals surface area contributed by atoms with Gasteiger partial charge >= 0.3 is 0 Å². The van der Waals surface area contributed by atoms with Crippen molar-refractivity contribution in [3.8, 4) is 0 Å². The van der Waals surface area contributed by atoms with Gasteiger partial charge in [-0.1, -0.05) is 40.5 Å². The summed E-state index contributed by atoms with van der Waals surface area (Å²) in [5, 5.41) is 0. The smallest absolute Gasteiger partial charge is 0.0216 e. The van der Waals surface area contributed by atoms with E-state index >= 15 is 0 Å². The molecule has 0 bridgehead atoms. The van der Waals surface area contributed by atoms with Crippen LogP contribution in [0.2, 0.25) is 0 Å². The predicted molar refractivity (Wildman–Crippen MR) is 47.6 cm³/mol. The molecule has 0 spiro atoms. The van der Waals surface area contributed by atoms with Gasteiger partial charge < -0.3 is 0 Å². The van der Waals surface area contributed by atoms with Crippen molar-refractivity contribution in [2.45, 2.75) is 46.5 Å². The molecule has 0 aromatic carbocycles. The Morgan fingerprint density at radius 1 is 1.30 bits per heavy atom. The first-order valence-corrected chi connectivity index (χ1v) is 4.36. The summed E-state index contributed by atoms with van der Waals surface area (Å²) >= 11 is 0. The highest BCUT2D eigenvalue weighted by molar-refractivity contribution is 4.92. The molecule has 0 aliphatic carbocycles. The fourth-order valence-electron chi connectivity index (χ4n) is 1.25. The third-order valence-corrected chi connectivity index (χ3v) is 1.89. The molecule has 0 saturated carbocycles. The first kappa shape index (κ1) is 10.0. The van der Waals surface area contributed by atoms with Crippen LogP contribution < -0.4 is 0 Å². The van der Waals surface area contributed by atoms with Crippen LogP contribution >= 0.6 is 0 Å². The molecule has 0 heteroatoms. The Morgan fingerprint density at radius 3 is 2.20 bits per heavy atom. The molecule has 0 N–H and O–H groups in total. The zero-order valence-electron chi connectivity index (χ0n) is 7.61. The molecule has 0 atom stereocenters. The summed E-state index contributed by atoms with van der Waals surface area (Å²) in [4.78, 5) is 0. The van der Waals surface area contributed by atoms with Gasteiger partial charge in [0.15, 0.2) is 0 Å². The van der Waals surface area contributed by atoms with Gasteiger partial charge in [0.1, 0.15) is 0 Å². The van der Waals surface area contributed by atoms with E-state index in [0.717, 1.165) is 12.3 Å². The largest absolute Gasteiger partial charge is 0.0654 e. The molecule has 0 amide bonds. The average Bonchev–Trinajstić information content (AvgIpc) is 1.87. The zero-order chi connectivity index (χ0) is 7.98. The Morgan fingerprint density at radius 2 is 1.90 bits per heavy atom. The molecule has 0 aliphatic heterocycles. The monoisotopic (exact) mass is 140 g/mol. The van der Waals surface area contributed by atoms with E-state index in [9.17, 15) is 0 Å². The van der Waals surface area contributed by atoms with Crippen molar-refractivity contribution in [1.29, 1.82) is 0 Å². The van der Waals surface area contributed by atoms with E-state index in [0.29, 0.717) is 0 Å². The molecule has 0 aromatic heterocycles. The second-order valence-electron chi connectivity index (χ2n) is 3.17. The summed E-state index contributed by atoms with van der Waals surface area (Å²) in [6, 6.07) is 0. The van der Waals surface area contributed by atoms with E-state index in [2.05, 4.69) is 27.7 Å². The van der Waals surface area contributed by atoms with Gasteiger partial charge in [-0.05, 0) is 24.7 Å². The first-order valence-electron chi connectivity index (χ1n) is 4.36. The average molecular weight is 140 g/mol. The Bertz CT molecular complexity index is 58.4. The molecule has 0 rings (SSSR count). The van der Waals surface area contributed by atoms with Crippen LogP contribution in [0.15, 0.2) is 0 Å². The highest BCUT2D eigenvalue weighted by atomic mass is 14.2. The third-order valence-electron chi connectivity index (χ3n) is 1.89. The van der Waals surface area contributed by atoms with Crippen LogP contribution in [0.5, 0.6) is 0 Å². The van der Waals surface area contributed by atoms with Crippen molar-refractivity contribution in [2.75, 3.05) is 0 Å². The summed E-state index contributed by atoms with van der Waals surface area (Å²) in [6.07, 6.45) is 4.87. The highest BCUT2D eigenvalue weighted by Crippen LogP contribution is 2.24. The van der Waals surface area contributed by atoms with Crippen molar-refractivity contribution < 1.29 is 0 Å². The number of hydrogen-bond acceptors (Lipinski definition) is 0. The van der Waals surface area contributed by atoms with E-state index < -0.39 is 0 Å². The standard InChI is InChI=1S/C10H20/c1-5-7-10(8-6-2)9(3)4/h9H,1,5-8H2,2-4H3. The molecule has 0 heterocycles. The Labute approximate surface area is 66.0 Å². The summed E-state index contributed by atoms with van der Waals surface area (Å²) in [6.45, 7) is 10.7.